The van der Waals surface area contributed by atoms with Crippen molar-refractivity contribution in [3.63, 3.8) is 0 Å². The fourth-order valence-electron chi connectivity index (χ4n) is 3.24. The number of benzene rings is 1. The van der Waals surface area contributed by atoms with Gasteiger partial charge in [-0.15, -0.1) is 10.2 Å². The molecule has 1 aromatic carbocycles. The molecule has 1 aliphatic heterocycles. The molecule has 0 bridgehead atoms. The largest absolute Gasteiger partial charge is 0.467 e. The van der Waals surface area contributed by atoms with Gasteiger partial charge in [0, 0.05) is 18.8 Å². The Hall–Kier alpha value is -2.81. The van der Waals surface area contributed by atoms with Crippen LogP contribution in [0, 0.1) is 5.82 Å². The summed E-state index contributed by atoms with van der Waals surface area (Å²) in [6.45, 7) is 4.17. The van der Waals surface area contributed by atoms with E-state index < -0.39 is 11.1 Å². The van der Waals surface area contributed by atoms with E-state index in [1.807, 2.05) is 16.7 Å². The van der Waals surface area contributed by atoms with Crippen LogP contribution in [0.3, 0.4) is 0 Å². The van der Waals surface area contributed by atoms with E-state index >= 15 is 0 Å². The Morgan fingerprint density at radius 1 is 1.28 bits per heavy atom. The molecule has 1 atom stereocenters. The summed E-state index contributed by atoms with van der Waals surface area (Å²) >= 11 is 1.32. The lowest BCUT2D eigenvalue weighted by Crippen LogP contribution is -2.24. The number of anilines is 2. The summed E-state index contributed by atoms with van der Waals surface area (Å²) in [7, 11) is 0. The Balaban J connectivity index is 1.51. The summed E-state index contributed by atoms with van der Waals surface area (Å²) in [6.07, 6.45) is 3.89. The van der Waals surface area contributed by atoms with Gasteiger partial charge in [0.1, 0.15) is 11.6 Å². The van der Waals surface area contributed by atoms with Crippen molar-refractivity contribution < 1.29 is 13.6 Å². The van der Waals surface area contributed by atoms with Crippen molar-refractivity contribution >= 4 is 29.3 Å². The standard InChI is InChI=1S/C20H22FN5O2S/c1-14(18(27)22-16-7-4-6-15(21)12-16)29-20-24-23-19(25-9-2-3-10-25)26(20)13-17-8-5-11-28-17/h4-8,11-12,14H,2-3,9-10,13H2,1H3,(H,22,27). The number of carbonyl (C=O) groups excluding carboxylic acids is 1. The fourth-order valence-corrected chi connectivity index (χ4v) is 4.08. The van der Waals surface area contributed by atoms with Gasteiger partial charge in [-0.05, 0) is 50.1 Å². The van der Waals surface area contributed by atoms with Gasteiger partial charge in [0.2, 0.25) is 11.9 Å². The maximum absolute atomic E-state index is 13.4. The molecule has 2 aromatic heterocycles. The lowest BCUT2D eigenvalue weighted by molar-refractivity contribution is -0.115. The van der Waals surface area contributed by atoms with Crippen molar-refractivity contribution in [2.45, 2.75) is 36.7 Å². The minimum Gasteiger partial charge on any atom is -0.467 e. The van der Waals surface area contributed by atoms with Gasteiger partial charge >= 0.3 is 0 Å². The number of thioether (sulfide) groups is 1. The van der Waals surface area contributed by atoms with Crippen molar-refractivity contribution in [3.8, 4) is 0 Å². The van der Waals surface area contributed by atoms with Crippen LogP contribution in [0.25, 0.3) is 0 Å². The molecule has 4 rings (SSSR count). The van der Waals surface area contributed by atoms with Crippen LogP contribution in [0.1, 0.15) is 25.5 Å². The second-order valence-electron chi connectivity index (χ2n) is 6.90. The third-order valence-corrected chi connectivity index (χ3v) is 5.80. The second kappa shape index (κ2) is 8.69. The van der Waals surface area contributed by atoms with E-state index in [0.29, 0.717) is 17.4 Å². The zero-order chi connectivity index (χ0) is 20.2. The normalized spacial score (nSPS) is 14.9. The van der Waals surface area contributed by atoms with Crippen LogP contribution in [-0.2, 0) is 11.3 Å². The predicted molar refractivity (Wildman–Crippen MR) is 110 cm³/mol. The second-order valence-corrected chi connectivity index (χ2v) is 8.21. The summed E-state index contributed by atoms with van der Waals surface area (Å²) < 4.78 is 20.8. The zero-order valence-corrected chi connectivity index (χ0v) is 16.9. The predicted octanol–water partition coefficient (Wildman–Crippen LogP) is 3.78. The van der Waals surface area contributed by atoms with Crippen molar-refractivity contribution in [2.75, 3.05) is 23.3 Å². The highest BCUT2D eigenvalue weighted by atomic mass is 32.2. The van der Waals surface area contributed by atoms with Gasteiger partial charge in [-0.3, -0.25) is 9.36 Å². The van der Waals surface area contributed by atoms with Gasteiger partial charge in [0.15, 0.2) is 5.16 Å². The minimum absolute atomic E-state index is 0.226. The van der Waals surface area contributed by atoms with Crippen LogP contribution in [0.15, 0.2) is 52.2 Å². The van der Waals surface area contributed by atoms with E-state index in [9.17, 15) is 9.18 Å². The van der Waals surface area contributed by atoms with Crippen molar-refractivity contribution in [1.29, 1.82) is 0 Å². The highest BCUT2D eigenvalue weighted by Gasteiger charge is 2.25. The molecule has 1 aliphatic rings. The smallest absolute Gasteiger partial charge is 0.237 e. The summed E-state index contributed by atoms with van der Waals surface area (Å²) in [5.41, 5.74) is 0.428. The molecular formula is C20H22FN5O2S. The maximum atomic E-state index is 13.4. The van der Waals surface area contributed by atoms with Gasteiger partial charge in [-0.25, -0.2) is 4.39 Å². The first-order chi connectivity index (χ1) is 14.1. The molecule has 9 heteroatoms. The average molecular weight is 415 g/mol. The SMILES string of the molecule is CC(Sc1nnc(N2CCCC2)n1Cc1ccco1)C(=O)Nc1cccc(F)c1. The number of hydrogen-bond donors (Lipinski definition) is 1. The number of hydrogen-bond acceptors (Lipinski definition) is 6. The van der Waals surface area contributed by atoms with Crippen LogP contribution < -0.4 is 10.2 Å². The van der Waals surface area contributed by atoms with Crippen molar-refractivity contribution in [1.82, 2.24) is 14.8 Å². The van der Waals surface area contributed by atoms with E-state index in [2.05, 4.69) is 20.4 Å². The topological polar surface area (TPSA) is 76.2 Å². The third kappa shape index (κ3) is 4.61. The Bertz CT molecular complexity index is 969. The molecular weight excluding hydrogens is 393 g/mol. The van der Waals surface area contributed by atoms with Crippen LogP contribution in [0.5, 0.6) is 0 Å². The summed E-state index contributed by atoms with van der Waals surface area (Å²) in [4.78, 5) is 14.8. The van der Waals surface area contributed by atoms with Crippen molar-refractivity contribution in [3.05, 3.63) is 54.2 Å². The van der Waals surface area contributed by atoms with Crippen LogP contribution in [0.2, 0.25) is 0 Å². The van der Waals surface area contributed by atoms with E-state index in [4.69, 9.17) is 4.42 Å². The van der Waals surface area contributed by atoms with Crippen LogP contribution >= 0.6 is 11.8 Å². The molecule has 7 nitrogen and oxygen atoms in total. The van der Waals surface area contributed by atoms with Gasteiger partial charge < -0.3 is 14.6 Å². The molecule has 29 heavy (non-hydrogen) atoms. The molecule has 0 radical (unpaired) electrons. The van der Waals surface area contributed by atoms with Crippen LogP contribution in [-0.4, -0.2) is 39.0 Å². The molecule has 1 fully saturated rings. The third-order valence-electron chi connectivity index (χ3n) is 4.72. The first-order valence-electron chi connectivity index (χ1n) is 9.54. The zero-order valence-electron chi connectivity index (χ0n) is 16.0. The number of halogens is 1. The average Bonchev–Trinajstić information content (AvgIpc) is 3.45. The molecule has 3 heterocycles. The Kier molecular flexibility index (Phi) is 5.84. The van der Waals surface area contributed by atoms with E-state index in [1.54, 1.807) is 25.3 Å². The highest BCUT2D eigenvalue weighted by Crippen LogP contribution is 2.29. The maximum Gasteiger partial charge on any atom is 0.237 e. The van der Waals surface area contributed by atoms with E-state index in [0.717, 1.165) is 37.6 Å². The van der Waals surface area contributed by atoms with Gasteiger partial charge in [-0.2, -0.15) is 0 Å². The summed E-state index contributed by atoms with van der Waals surface area (Å²) in [5, 5.41) is 11.7. The molecule has 0 saturated carbocycles. The first-order valence-corrected chi connectivity index (χ1v) is 10.4. The van der Waals surface area contributed by atoms with Crippen molar-refractivity contribution in [2.24, 2.45) is 0 Å². The lowest BCUT2D eigenvalue weighted by atomic mass is 10.3. The van der Waals surface area contributed by atoms with Gasteiger partial charge in [0.05, 0.1) is 18.1 Å². The fraction of sp³-hybridized carbons (Fsp3) is 0.350. The number of nitrogens with one attached hydrogen (secondary N) is 1. The van der Waals surface area contributed by atoms with Gasteiger partial charge in [-0.1, -0.05) is 17.8 Å². The first kappa shape index (κ1) is 19.5. The number of aromatic nitrogens is 3. The highest BCUT2D eigenvalue weighted by molar-refractivity contribution is 8.00. The number of amides is 1. The Morgan fingerprint density at radius 2 is 2.10 bits per heavy atom. The molecule has 152 valence electrons. The number of carbonyl (C=O) groups is 1. The number of rotatable bonds is 7. The molecule has 1 unspecified atom stereocenters. The molecule has 1 N–H and O–H groups in total. The minimum atomic E-state index is -0.441. The lowest BCUT2D eigenvalue weighted by Gasteiger charge is -2.18. The molecule has 1 amide bonds. The molecule has 3 aromatic rings. The molecule has 1 saturated heterocycles. The number of nitrogens with zero attached hydrogens (tertiary/aromatic N) is 4. The van der Waals surface area contributed by atoms with Crippen LogP contribution in [0.4, 0.5) is 16.0 Å². The Morgan fingerprint density at radius 3 is 2.83 bits per heavy atom. The quantitative estimate of drug-likeness (QED) is 0.592. The molecule has 0 aliphatic carbocycles. The summed E-state index contributed by atoms with van der Waals surface area (Å²) in [6, 6.07) is 9.60. The Labute approximate surface area is 172 Å². The monoisotopic (exact) mass is 415 g/mol. The van der Waals surface area contributed by atoms with E-state index in [-0.39, 0.29) is 5.91 Å². The van der Waals surface area contributed by atoms with E-state index in [1.165, 1.54) is 23.9 Å². The number of furan rings is 1. The molecule has 0 spiro atoms. The summed E-state index contributed by atoms with van der Waals surface area (Å²) in [5.74, 6) is 0.968. The van der Waals surface area contributed by atoms with Gasteiger partial charge in [0.25, 0.3) is 0 Å².